The summed E-state index contributed by atoms with van der Waals surface area (Å²) in [6.45, 7) is 3.28. The van der Waals surface area contributed by atoms with Crippen LogP contribution in [0.4, 0.5) is 0 Å². The van der Waals surface area contributed by atoms with Gasteiger partial charge in [0.25, 0.3) is 0 Å². The number of carboxylic acids is 1. The Bertz CT molecular complexity index is 240. The van der Waals surface area contributed by atoms with Crippen molar-refractivity contribution in [2.75, 3.05) is 13.1 Å². The Morgan fingerprint density at radius 3 is 2.80 bits per heavy atom. The van der Waals surface area contributed by atoms with Crippen LogP contribution in [0.15, 0.2) is 0 Å². The topological polar surface area (TPSA) is 57.6 Å². The smallest absolute Gasteiger partial charge is 0.303 e. The maximum atomic E-state index is 11.2. The standard InChI is InChI=1S/C11H19NO3/c1-9(13)12-7-3-5-10(8-12)4-2-6-11(14)15/h10H,2-8H2,1H3,(H,14,15). The minimum absolute atomic E-state index is 0.137. The second-order valence-corrected chi connectivity index (χ2v) is 4.26. The third-order valence-corrected chi connectivity index (χ3v) is 2.97. The monoisotopic (exact) mass is 213 g/mol. The van der Waals surface area contributed by atoms with Crippen LogP contribution in [0, 0.1) is 5.92 Å². The van der Waals surface area contributed by atoms with Crippen LogP contribution in [0.3, 0.4) is 0 Å². The van der Waals surface area contributed by atoms with E-state index in [4.69, 9.17) is 5.11 Å². The van der Waals surface area contributed by atoms with Crippen LogP contribution < -0.4 is 0 Å². The summed E-state index contributed by atoms with van der Waals surface area (Å²) in [7, 11) is 0. The zero-order valence-electron chi connectivity index (χ0n) is 9.24. The summed E-state index contributed by atoms with van der Waals surface area (Å²) in [4.78, 5) is 23.4. The third-order valence-electron chi connectivity index (χ3n) is 2.97. The fourth-order valence-corrected chi connectivity index (χ4v) is 2.13. The summed E-state index contributed by atoms with van der Waals surface area (Å²) < 4.78 is 0. The molecule has 1 aliphatic rings. The number of amides is 1. The van der Waals surface area contributed by atoms with Crippen LogP contribution in [0.25, 0.3) is 0 Å². The number of nitrogens with zero attached hydrogens (tertiary/aromatic N) is 1. The molecule has 1 saturated heterocycles. The van der Waals surface area contributed by atoms with Gasteiger partial charge in [-0.2, -0.15) is 0 Å². The molecule has 1 rings (SSSR count). The normalized spacial score (nSPS) is 21.4. The zero-order chi connectivity index (χ0) is 11.3. The summed E-state index contributed by atoms with van der Waals surface area (Å²) in [5.74, 6) is -0.0887. The van der Waals surface area contributed by atoms with Crippen LogP contribution in [0.5, 0.6) is 0 Å². The highest BCUT2D eigenvalue weighted by atomic mass is 16.4. The number of rotatable bonds is 4. The van der Waals surface area contributed by atoms with Gasteiger partial charge in [0, 0.05) is 26.4 Å². The number of likely N-dealkylation sites (tertiary alicyclic amines) is 1. The van der Waals surface area contributed by atoms with Crippen molar-refractivity contribution in [3.05, 3.63) is 0 Å². The average molecular weight is 213 g/mol. The van der Waals surface area contributed by atoms with E-state index >= 15 is 0 Å². The molecular weight excluding hydrogens is 194 g/mol. The number of hydrogen-bond acceptors (Lipinski definition) is 2. The average Bonchev–Trinajstić information content (AvgIpc) is 2.17. The van der Waals surface area contributed by atoms with Crippen molar-refractivity contribution < 1.29 is 14.7 Å². The minimum atomic E-state index is -0.728. The second-order valence-electron chi connectivity index (χ2n) is 4.26. The Hall–Kier alpha value is -1.06. The number of carboxylic acid groups (broad SMARTS) is 1. The number of hydrogen-bond donors (Lipinski definition) is 1. The van der Waals surface area contributed by atoms with Crippen LogP contribution in [-0.4, -0.2) is 35.0 Å². The highest BCUT2D eigenvalue weighted by molar-refractivity contribution is 5.73. The molecular formula is C11H19NO3. The molecule has 0 radical (unpaired) electrons. The van der Waals surface area contributed by atoms with Crippen molar-refractivity contribution in [2.24, 2.45) is 5.92 Å². The highest BCUT2D eigenvalue weighted by Gasteiger charge is 2.21. The van der Waals surface area contributed by atoms with Crippen molar-refractivity contribution in [3.8, 4) is 0 Å². The fraction of sp³-hybridized carbons (Fsp3) is 0.818. The molecule has 0 aromatic rings. The van der Waals surface area contributed by atoms with Gasteiger partial charge in [-0.3, -0.25) is 9.59 Å². The molecule has 1 fully saturated rings. The summed E-state index contributed by atoms with van der Waals surface area (Å²) in [6.07, 6.45) is 4.08. The van der Waals surface area contributed by atoms with E-state index in [0.717, 1.165) is 38.8 Å². The maximum Gasteiger partial charge on any atom is 0.303 e. The zero-order valence-corrected chi connectivity index (χ0v) is 9.24. The van der Waals surface area contributed by atoms with E-state index in [2.05, 4.69) is 0 Å². The van der Waals surface area contributed by atoms with Gasteiger partial charge in [-0.25, -0.2) is 0 Å². The van der Waals surface area contributed by atoms with Gasteiger partial charge in [0.2, 0.25) is 5.91 Å². The Morgan fingerprint density at radius 1 is 1.47 bits per heavy atom. The Balaban J connectivity index is 2.24. The second kappa shape index (κ2) is 5.73. The first-order chi connectivity index (χ1) is 7.09. The fourth-order valence-electron chi connectivity index (χ4n) is 2.13. The summed E-state index contributed by atoms with van der Waals surface area (Å²) in [5, 5.41) is 8.52. The van der Waals surface area contributed by atoms with Crippen molar-refractivity contribution in [1.29, 1.82) is 0 Å². The Kier molecular flexibility index (Phi) is 4.59. The molecule has 0 bridgehead atoms. The van der Waals surface area contributed by atoms with Gasteiger partial charge in [0.1, 0.15) is 0 Å². The minimum Gasteiger partial charge on any atom is -0.481 e. The van der Waals surface area contributed by atoms with E-state index in [1.165, 1.54) is 0 Å². The van der Waals surface area contributed by atoms with Crippen LogP contribution in [0.2, 0.25) is 0 Å². The molecule has 0 aliphatic carbocycles. The molecule has 0 saturated carbocycles. The van der Waals surface area contributed by atoms with Crippen molar-refractivity contribution in [3.63, 3.8) is 0 Å². The van der Waals surface area contributed by atoms with Crippen LogP contribution in [0.1, 0.15) is 39.0 Å². The highest BCUT2D eigenvalue weighted by Crippen LogP contribution is 2.21. The molecule has 1 aliphatic heterocycles. The van der Waals surface area contributed by atoms with E-state index < -0.39 is 5.97 Å². The van der Waals surface area contributed by atoms with E-state index in [1.54, 1.807) is 6.92 Å². The quantitative estimate of drug-likeness (QED) is 0.770. The molecule has 0 aromatic carbocycles. The predicted molar refractivity (Wildman–Crippen MR) is 56.5 cm³/mol. The number of piperidine rings is 1. The number of carbonyl (C=O) groups is 2. The predicted octanol–water partition coefficient (Wildman–Crippen LogP) is 1.50. The van der Waals surface area contributed by atoms with E-state index in [1.807, 2.05) is 4.90 Å². The van der Waals surface area contributed by atoms with E-state index in [9.17, 15) is 9.59 Å². The third kappa shape index (κ3) is 4.32. The molecule has 1 heterocycles. The molecule has 4 nitrogen and oxygen atoms in total. The number of carbonyl (C=O) groups excluding carboxylic acids is 1. The van der Waals surface area contributed by atoms with Gasteiger partial charge < -0.3 is 10.0 Å². The van der Waals surface area contributed by atoms with Gasteiger partial charge in [0.05, 0.1) is 0 Å². The van der Waals surface area contributed by atoms with Gasteiger partial charge in [-0.1, -0.05) is 0 Å². The van der Waals surface area contributed by atoms with Gasteiger partial charge >= 0.3 is 5.97 Å². The molecule has 1 atom stereocenters. The summed E-state index contributed by atoms with van der Waals surface area (Å²) >= 11 is 0. The van der Waals surface area contributed by atoms with Gasteiger partial charge in [-0.05, 0) is 31.6 Å². The molecule has 4 heteroatoms. The Labute approximate surface area is 90.3 Å². The van der Waals surface area contributed by atoms with Crippen LogP contribution >= 0.6 is 0 Å². The summed E-state index contributed by atoms with van der Waals surface area (Å²) in [6, 6.07) is 0. The van der Waals surface area contributed by atoms with Crippen molar-refractivity contribution in [1.82, 2.24) is 4.90 Å². The summed E-state index contributed by atoms with van der Waals surface area (Å²) in [5.41, 5.74) is 0. The molecule has 1 amide bonds. The van der Waals surface area contributed by atoms with Gasteiger partial charge in [-0.15, -0.1) is 0 Å². The molecule has 15 heavy (non-hydrogen) atoms. The lowest BCUT2D eigenvalue weighted by Crippen LogP contribution is -2.38. The van der Waals surface area contributed by atoms with Crippen LogP contribution in [-0.2, 0) is 9.59 Å². The van der Waals surface area contributed by atoms with Crippen molar-refractivity contribution >= 4 is 11.9 Å². The molecule has 1 N–H and O–H groups in total. The van der Waals surface area contributed by atoms with Gasteiger partial charge in [0.15, 0.2) is 0 Å². The van der Waals surface area contributed by atoms with Crippen molar-refractivity contribution in [2.45, 2.75) is 39.0 Å². The lowest BCUT2D eigenvalue weighted by atomic mass is 9.93. The molecule has 0 spiro atoms. The maximum absolute atomic E-state index is 11.2. The molecule has 0 aromatic heterocycles. The van der Waals surface area contributed by atoms with E-state index in [-0.39, 0.29) is 12.3 Å². The SMILES string of the molecule is CC(=O)N1CCCC(CCCC(=O)O)C1. The first-order valence-corrected chi connectivity index (χ1v) is 5.57. The Morgan fingerprint density at radius 2 is 2.20 bits per heavy atom. The largest absolute Gasteiger partial charge is 0.481 e. The lowest BCUT2D eigenvalue weighted by molar-refractivity contribution is -0.137. The first kappa shape index (κ1) is 12.0. The molecule has 86 valence electrons. The van der Waals surface area contributed by atoms with E-state index in [0.29, 0.717) is 5.92 Å². The first-order valence-electron chi connectivity index (χ1n) is 5.57. The number of aliphatic carboxylic acids is 1. The lowest BCUT2D eigenvalue weighted by Gasteiger charge is -2.32. The molecule has 1 unspecified atom stereocenters.